The van der Waals surface area contributed by atoms with Crippen molar-refractivity contribution < 1.29 is 14.3 Å². The molecule has 0 bridgehead atoms. The van der Waals surface area contributed by atoms with Gasteiger partial charge in [0.1, 0.15) is 19.0 Å². The molecular weight excluding hydrogens is 361 g/mol. The van der Waals surface area contributed by atoms with Gasteiger partial charge >= 0.3 is 5.97 Å². The predicted molar refractivity (Wildman–Crippen MR) is 98.4 cm³/mol. The summed E-state index contributed by atoms with van der Waals surface area (Å²) >= 11 is 11.8. The molecule has 0 radical (unpaired) electrons. The van der Waals surface area contributed by atoms with E-state index in [1.807, 2.05) is 30.3 Å². The first-order valence-corrected chi connectivity index (χ1v) is 8.45. The lowest BCUT2D eigenvalue weighted by molar-refractivity contribution is -0.143. The molecule has 0 saturated carbocycles. The molecule has 3 aromatic rings. The number of pyridine rings is 1. The Hall–Kier alpha value is -2.30. The van der Waals surface area contributed by atoms with Crippen molar-refractivity contribution in [1.82, 2.24) is 4.98 Å². The molecule has 0 saturated heterocycles. The van der Waals surface area contributed by atoms with Gasteiger partial charge < -0.3 is 9.47 Å². The Labute approximate surface area is 155 Å². The standard InChI is InChI=1S/C19H15Cl2NO3/c20-15-6-7-17(16(21)12-15)24-9-10-25-18(23)11-14-4-1-3-13-5-2-8-22-19(13)14/h1-8,12H,9-11H2. The second kappa shape index (κ2) is 8.19. The van der Waals surface area contributed by atoms with Gasteiger partial charge in [-0.3, -0.25) is 9.78 Å². The predicted octanol–water partition coefficient (Wildman–Crippen LogP) is 4.71. The van der Waals surface area contributed by atoms with Crippen molar-refractivity contribution in [1.29, 1.82) is 0 Å². The molecule has 0 aliphatic carbocycles. The summed E-state index contributed by atoms with van der Waals surface area (Å²) in [6, 6.07) is 14.5. The van der Waals surface area contributed by atoms with Crippen LogP contribution in [0.1, 0.15) is 5.56 Å². The van der Waals surface area contributed by atoms with E-state index in [1.54, 1.807) is 24.4 Å². The van der Waals surface area contributed by atoms with Gasteiger partial charge in [-0.1, -0.05) is 47.5 Å². The van der Waals surface area contributed by atoms with Crippen LogP contribution in [0.25, 0.3) is 10.9 Å². The number of aromatic nitrogens is 1. The van der Waals surface area contributed by atoms with Gasteiger partial charge in [-0.25, -0.2) is 0 Å². The van der Waals surface area contributed by atoms with Crippen LogP contribution in [0.5, 0.6) is 5.75 Å². The Morgan fingerprint density at radius 3 is 2.72 bits per heavy atom. The average Bonchev–Trinajstić information content (AvgIpc) is 2.60. The zero-order chi connectivity index (χ0) is 17.6. The highest BCUT2D eigenvalue weighted by atomic mass is 35.5. The minimum absolute atomic E-state index is 0.135. The van der Waals surface area contributed by atoms with Crippen molar-refractivity contribution in [3.8, 4) is 5.75 Å². The van der Waals surface area contributed by atoms with E-state index < -0.39 is 0 Å². The lowest BCUT2D eigenvalue weighted by atomic mass is 10.1. The van der Waals surface area contributed by atoms with Gasteiger partial charge in [-0.05, 0) is 29.8 Å². The maximum atomic E-state index is 12.0. The molecule has 0 unspecified atom stereocenters. The van der Waals surface area contributed by atoms with Gasteiger partial charge in [-0.2, -0.15) is 0 Å². The Kier molecular flexibility index (Phi) is 5.74. The molecule has 0 fully saturated rings. The SMILES string of the molecule is O=C(Cc1cccc2cccnc12)OCCOc1ccc(Cl)cc1Cl. The third-order valence-corrected chi connectivity index (χ3v) is 4.08. The minimum atomic E-state index is -0.330. The van der Waals surface area contributed by atoms with Gasteiger partial charge in [-0.15, -0.1) is 0 Å². The third-order valence-electron chi connectivity index (χ3n) is 3.55. The number of hydrogen-bond donors (Lipinski definition) is 0. The molecule has 0 aliphatic heterocycles. The van der Waals surface area contributed by atoms with Crippen molar-refractivity contribution in [2.45, 2.75) is 6.42 Å². The lowest BCUT2D eigenvalue weighted by Crippen LogP contribution is -2.14. The Morgan fingerprint density at radius 1 is 1.04 bits per heavy atom. The van der Waals surface area contributed by atoms with Gasteiger partial charge in [0, 0.05) is 16.6 Å². The monoisotopic (exact) mass is 375 g/mol. The Bertz CT molecular complexity index is 893. The number of ether oxygens (including phenoxy) is 2. The molecule has 1 aromatic heterocycles. The van der Waals surface area contributed by atoms with Crippen molar-refractivity contribution in [2.24, 2.45) is 0 Å². The van der Waals surface area contributed by atoms with E-state index in [4.69, 9.17) is 32.7 Å². The molecule has 25 heavy (non-hydrogen) atoms. The summed E-state index contributed by atoms with van der Waals surface area (Å²) in [5.74, 6) is 0.171. The molecule has 2 aromatic carbocycles. The molecule has 1 heterocycles. The number of para-hydroxylation sites is 1. The number of carbonyl (C=O) groups is 1. The zero-order valence-electron chi connectivity index (χ0n) is 13.2. The van der Waals surface area contributed by atoms with Gasteiger partial charge in [0.05, 0.1) is 17.0 Å². The first kappa shape index (κ1) is 17.5. The first-order valence-electron chi connectivity index (χ1n) is 7.69. The van der Waals surface area contributed by atoms with Gasteiger partial charge in [0.2, 0.25) is 0 Å². The zero-order valence-corrected chi connectivity index (χ0v) is 14.8. The lowest BCUT2D eigenvalue weighted by Gasteiger charge is -2.09. The number of nitrogens with zero attached hydrogens (tertiary/aromatic N) is 1. The summed E-state index contributed by atoms with van der Waals surface area (Å²) in [5.41, 5.74) is 1.65. The fourth-order valence-corrected chi connectivity index (χ4v) is 2.88. The maximum absolute atomic E-state index is 12.0. The van der Waals surface area contributed by atoms with Crippen LogP contribution in [0.4, 0.5) is 0 Å². The molecular formula is C19H15Cl2NO3. The van der Waals surface area contributed by atoms with Crippen LogP contribution in [-0.4, -0.2) is 24.2 Å². The van der Waals surface area contributed by atoms with Gasteiger partial charge in [0.15, 0.2) is 0 Å². The smallest absolute Gasteiger partial charge is 0.310 e. The van der Waals surface area contributed by atoms with Crippen LogP contribution in [-0.2, 0) is 16.0 Å². The summed E-state index contributed by atoms with van der Waals surface area (Å²) in [6.45, 7) is 0.344. The number of rotatable bonds is 6. The van der Waals surface area contributed by atoms with Crippen molar-refractivity contribution in [2.75, 3.05) is 13.2 Å². The highest BCUT2D eigenvalue weighted by molar-refractivity contribution is 6.35. The summed E-state index contributed by atoms with van der Waals surface area (Å²) in [6.07, 6.45) is 1.87. The highest BCUT2D eigenvalue weighted by Crippen LogP contribution is 2.27. The number of halogens is 2. The first-order chi connectivity index (χ1) is 12.1. The van der Waals surface area contributed by atoms with E-state index in [1.165, 1.54) is 0 Å². The van der Waals surface area contributed by atoms with Crippen LogP contribution in [0.3, 0.4) is 0 Å². The molecule has 0 amide bonds. The molecule has 128 valence electrons. The summed E-state index contributed by atoms with van der Waals surface area (Å²) in [5, 5.41) is 1.95. The number of hydrogen-bond acceptors (Lipinski definition) is 4. The Balaban J connectivity index is 1.51. The van der Waals surface area contributed by atoms with E-state index >= 15 is 0 Å². The van der Waals surface area contributed by atoms with Crippen LogP contribution in [0.15, 0.2) is 54.7 Å². The quantitative estimate of drug-likeness (QED) is 0.462. The number of benzene rings is 2. The fourth-order valence-electron chi connectivity index (χ4n) is 2.42. The number of carbonyl (C=O) groups excluding carboxylic acids is 1. The molecule has 3 rings (SSSR count). The average molecular weight is 376 g/mol. The molecule has 0 aliphatic rings. The largest absolute Gasteiger partial charge is 0.488 e. The van der Waals surface area contributed by atoms with Crippen LogP contribution < -0.4 is 4.74 Å². The van der Waals surface area contributed by atoms with E-state index in [0.717, 1.165) is 16.5 Å². The van der Waals surface area contributed by atoms with E-state index in [0.29, 0.717) is 15.8 Å². The summed E-state index contributed by atoms with van der Waals surface area (Å²) in [7, 11) is 0. The van der Waals surface area contributed by atoms with Gasteiger partial charge in [0.25, 0.3) is 0 Å². The van der Waals surface area contributed by atoms with E-state index in [9.17, 15) is 4.79 Å². The second-order valence-corrected chi connectivity index (χ2v) is 6.16. The number of fused-ring (bicyclic) bond motifs is 1. The second-order valence-electron chi connectivity index (χ2n) is 5.31. The molecule has 6 heteroatoms. The number of esters is 1. The van der Waals surface area contributed by atoms with Crippen LogP contribution in [0, 0.1) is 0 Å². The van der Waals surface area contributed by atoms with Crippen molar-refractivity contribution >= 4 is 40.1 Å². The van der Waals surface area contributed by atoms with Crippen molar-refractivity contribution in [3.05, 3.63) is 70.3 Å². The summed E-state index contributed by atoms with van der Waals surface area (Å²) < 4.78 is 10.7. The topological polar surface area (TPSA) is 48.4 Å². The van der Waals surface area contributed by atoms with Crippen LogP contribution >= 0.6 is 23.2 Å². The van der Waals surface area contributed by atoms with Crippen LogP contribution in [0.2, 0.25) is 10.0 Å². The van der Waals surface area contributed by atoms with E-state index in [-0.39, 0.29) is 25.6 Å². The normalized spacial score (nSPS) is 10.6. The molecule has 0 spiro atoms. The van der Waals surface area contributed by atoms with Crippen molar-refractivity contribution in [3.63, 3.8) is 0 Å². The Morgan fingerprint density at radius 2 is 1.88 bits per heavy atom. The minimum Gasteiger partial charge on any atom is -0.488 e. The molecule has 0 atom stereocenters. The third kappa shape index (κ3) is 4.62. The fraction of sp³-hybridized carbons (Fsp3) is 0.158. The summed E-state index contributed by atoms with van der Waals surface area (Å²) in [4.78, 5) is 16.4. The maximum Gasteiger partial charge on any atom is 0.310 e. The highest BCUT2D eigenvalue weighted by Gasteiger charge is 2.09. The van der Waals surface area contributed by atoms with E-state index in [2.05, 4.69) is 4.98 Å². The molecule has 4 nitrogen and oxygen atoms in total. The molecule has 0 N–H and O–H groups in total.